The van der Waals surface area contributed by atoms with Gasteiger partial charge in [-0.15, -0.1) is 0 Å². The number of rotatable bonds is 6. The Labute approximate surface area is 132 Å². The van der Waals surface area contributed by atoms with Crippen molar-refractivity contribution in [2.45, 2.75) is 52.1 Å². The number of ketones is 1. The predicted octanol–water partition coefficient (Wildman–Crippen LogP) is 4.30. The standard InChI is InChI=1S/C19H24O3/c1-14(2)21-19(22-15(3)4)12-10-17(11-13-19)18(20)16-8-6-5-7-9-16/h5-12,14-15H,13H2,1-4H3. The third-order valence-corrected chi connectivity index (χ3v) is 3.29. The average molecular weight is 300 g/mol. The monoisotopic (exact) mass is 300 g/mol. The summed E-state index contributed by atoms with van der Waals surface area (Å²) in [6.45, 7) is 7.92. The van der Waals surface area contributed by atoms with Crippen LogP contribution in [-0.4, -0.2) is 23.8 Å². The Morgan fingerprint density at radius 2 is 1.64 bits per heavy atom. The molecule has 1 aromatic rings. The van der Waals surface area contributed by atoms with Crippen LogP contribution in [0.1, 0.15) is 44.5 Å². The van der Waals surface area contributed by atoms with Crippen molar-refractivity contribution in [2.24, 2.45) is 0 Å². The Morgan fingerprint density at radius 1 is 1.05 bits per heavy atom. The summed E-state index contributed by atoms with van der Waals surface area (Å²) in [6, 6.07) is 9.30. The number of carbonyl (C=O) groups excluding carboxylic acids is 1. The minimum atomic E-state index is -0.775. The molecule has 0 radical (unpaired) electrons. The van der Waals surface area contributed by atoms with E-state index in [4.69, 9.17) is 9.47 Å². The van der Waals surface area contributed by atoms with Gasteiger partial charge in [0.05, 0.1) is 12.2 Å². The van der Waals surface area contributed by atoms with E-state index in [9.17, 15) is 4.79 Å². The molecular weight excluding hydrogens is 276 g/mol. The van der Waals surface area contributed by atoms with E-state index in [2.05, 4.69) is 0 Å². The SMILES string of the molecule is CC(C)OC1(OC(C)C)C=CC(C(=O)c2ccccc2)=CC1. The molecule has 0 heterocycles. The molecule has 1 aromatic carbocycles. The fraction of sp³-hybridized carbons (Fsp3) is 0.421. The number of hydrogen-bond donors (Lipinski definition) is 0. The molecule has 2 rings (SSSR count). The molecule has 1 aliphatic rings. The van der Waals surface area contributed by atoms with Crippen molar-refractivity contribution in [3.63, 3.8) is 0 Å². The second kappa shape index (κ2) is 7.03. The maximum atomic E-state index is 12.5. The molecule has 0 amide bonds. The molecule has 0 aromatic heterocycles. The highest BCUT2D eigenvalue weighted by Gasteiger charge is 2.33. The molecule has 3 nitrogen and oxygen atoms in total. The molecule has 3 heteroatoms. The third kappa shape index (κ3) is 4.15. The summed E-state index contributed by atoms with van der Waals surface area (Å²) in [7, 11) is 0. The Kier molecular flexibility index (Phi) is 5.33. The van der Waals surface area contributed by atoms with Gasteiger partial charge >= 0.3 is 0 Å². The molecule has 0 bridgehead atoms. The van der Waals surface area contributed by atoms with Crippen LogP contribution < -0.4 is 0 Å². The number of carbonyl (C=O) groups is 1. The van der Waals surface area contributed by atoms with Crippen LogP contribution in [-0.2, 0) is 9.47 Å². The highest BCUT2D eigenvalue weighted by Crippen LogP contribution is 2.30. The van der Waals surface area contributed by atoms with Gasteiger partial charge < -0.3 is 9.47 Å². The third-order valence-electron chi connectivity index (χ3n) is 3.29. The van der Waals surface area contributed by atoms with Gasteiger partial charge in [-0.3, -0.25) is 4.79 Å². The molecule has 22 heavy (non-hydrogen) atoms. The number of hydrogen-bond acceptors (Lipinski definition) is 3. The van der Waals surface area contributed by atoms with Gasteiger partial charge in [0.1, 0.15) is 0 Å². The van der Waals surface area contributed by atoms with Crippen molar-refractivity contribution in [1.29, 1.82) is 0 Å². The number of Topliss-reactive ketones (excluding diaryl/α,β-unsaturated/α-hetero) is 1. The van der Waals surface area contributed by atoms with Gasteiger partial charge in [0.25, 0.3) is 0 Å². The highest BCUT2D eigenvalue weighted by molar-refractivity contribution is 6.10. The fourth-order valence-electron chi connectivity index (χ4n) is 2.53. The van der Waals surface area contributed by atoms with Crippen LogP contribution in [0.4, 0.5) is 0 Å². The van der Waals surface area contributed by atoms with Gasteiger partial charge in [0.2, 0.25) is 0 Å². The van der Waals surface area contributed by atoms with E-state index in [1.165, 1.54) is 0 Å². The summed E-state index contributed by atoms with van der Waals surface area (Å²) in [5.41, 5.74) is 1.38. The molecule has 0 unspecified atom stereocenters. The van der Waals surface area contributed by atoms with Gasteiger partial charge in [0, 0.05) is 17.6 Å². The van der Waals surface area contributed by atoms with Crippen LogP contribution in [0.25, 0.3) is 0 Å². The summed E-state index contributed by atoms with van der Waals surface area (Å²) in [5.74, 6) is -0.748. The topological polar surface area (TPSA) is 35.5 Å². The average Bonchev–Trinajstić information content (AvgIpc) is 2.46. The lowest BCUT2D eigenvalue weighted by Crippen LogP contribution is -2.39. The van der Waals surface area contributed by atoms with E-state index in [0.717, 1.165) is 0 Å². The van der Waals surface area contributed by atoms with Crippen LogP contribution in [0.3, 0.4) is 0 Å². The van der Waals surface area contributed by atoms with E-state index < -0.39 is 5.79 Å². The van der Waals surface area contributed by atoms with Crippen molar-refractivity contribution in [2.75, 3.05) is 0 Å². The van der Waals surface area contributed by atoms with Gasteiger partial charge in [-0.2, -0.15) is 0 Å². The highest BCUT2D eigenvalue weighted by atomic mass is 16.7. The molecule has 0 atom stereocenters. The Hall–Kier alpha value is -1.71. The van der Waals surface area contributed by atoms with Crippen LogP contribution in [0.5, 0.6) is 0 Å². The van der Waals surface area contributed by atoms with E-state index in [0.29, 0.717) is 17.6 Å². The van der Waals surface area contributed by atoms with Crippen molar-refractivity contribution in [1.82, 2.24) is 0 Å². The van der Waals surface area contributed by atoms with E-state index >= 15 is 0 Å². The first kappa shape index (κ1) is 16.7. The first-order valence-electron chi connectivity index (χ1n) is 7.77. The molecule has 1 aliphatic carbocycles. The number of allylic oxidation sites excluding steroid dienone is 2. The second-order valence-electron chi connectivity index (χ2n) is 6.04. The minimum Gasteiger partial charge on any atom is -0.343 e. The van der Waals surface area contributed by atoms with Crippen LogP contribution in [0.2, 0.25) is 0 Å². The Bertz CT molecular complexity index is 558. The van der Waals surface area contributed by atoms with Crippen molar-refractivity contribution >= 4 is 5.78 Å². The van der Waals surface area contributed by atoms with Gasteiger partial charge in [-0.1, -0.05) is 42.5 Å². The summed E-state index contributed by atoms with van der Waals surface area (Å²) in [4.78, 5) is 12.5. The molecule has 0 spiro atoms. The van der Waals surface area contributed by atoms with Gasteiger partial charge in [-0.25, -0.2) is 0 Å². The normalized spacial score (nSPS) is 16.9. The second-order valence-corrected chi connectivity index (χ2v) is 6.04. The minimum absolute atomic E-state index is 0.0274. The van der Waals surface area contributed by atoms with E-state index in [1.54, 1.807) is 0 Å². The lowest BCUT2D eigenvalue weighted by atomic mass is 9.95. The van der Waals surface area contributed by atoms with Crippen LogP contribution in [0.15, 0.2) is 54.1 Å². The summed E-state index contributed by atoms with van der Waals surface area (Å²) >= 11 is 0. The molecular formula is C19H24O3. The maximum absolute atomic E-state index is 12.5. The first-order valence-corrected chi connectivity index (χ1v) is 7.77. The number of ether oxygens (including phenoxy) is 2. The molecule has 118 valence electrons. The lowest BCUT2D eigenvalue weighted by molar-refractivity contribution is -0.236. The van der Waals surface area contributed by atoms with Crippen LogP contribution in [0, 0.1) is 0 Å². The Morgan fingerprint density at radius 3 is 2.09 bits per heavy atom. The molecule has 0 saturated carbocycles. The zero-order valence-electron chi connectivity index (χ0n) is 13.7. The number of benzene rings is 1. The van der Waals surface area contributed by atoms with Crippen molar-refractivity contribution < 1.29 is 14.3 Å². The fourth-order valence-corrected chi connectivity index (χ4v) is 2.53. The summed E-state index contributed by atoms with van der Waals surface area (Å²) < 4.78 is 11.9. The van der Waals surface area contributed by atoms with E-state index in [-0.39, 0.29) is 18.0 Å². The lowest BCUT2D eigenvalue weighted by Gasteiger charge is -2.35. The van der Waals surface area contributed by atoms with Crippen LogP contribution >= 0.6 is 0 Å². The van der Waals surface area contributed by atoms with Crippen molar-refractivity contribution in [3.8, 4) is 0 Å². The first-order chi connectivity index (χ1) is 10.4. The van der Waals surface area contributed by atoms with Gasteiger partial charge in [0.15, 0.2) is 11.6 Å². The largest absolute Gasteiger partial charge is 0.343 e. The quantitative estimate of drug-likeness (QED) is 0.580. The zero-order valence-corrected chi connectivity index (χ0v) is 13.7. The smallest absolute Gasteiger partial charge is 0.192 e. The Balaban J connectivity index is 2.16. The van der Waals surface area contributed by atoms with E-state index in [1.807, 2.05) is 76.3 Å². The van der Waals surface area contributed by atoms with Crippen molar-refractivity contribution in [3.05, 3.63) is 59.7 Å². The predicted molar refractivity (Wildman–Crippen MR) is 87.8 cm³/mol. The molecule has 0 fully saturated rings. The molecule has 0 aliphatic heterocycles. The molecule has 0 N–H and O–H groups in total. The summed E-state index contributed by atoms with van der Waals surface area (Å²) in [6.07, 6.45) is 6.20. The maximum Gasteiger partial charge on any atom is 0.192 e. The zero-order chi connectivity index (χ0) is 16.2. The molecule has 0 saturated heterocycles. The summed E-state index contributed by atoms with van der Waals surface area (Å²) in [5, 5.41) is 0. The van der Waals surface area contributed by atoms with Gasteiger partial charge in [-0.05, 0) is 33.8 Å².